The fourth-order valence-corrected chi connectivity index (χ4v) is 1.87. The Morgan fingerprint density at radius 2 is 1.73 bits per heavy atom. The molecule has 0 bridgehead atoms. The van der Waals surface area contributed by atoms with Crippen molar-refractivity contribution in [1.82, 2.24) is 9.97 Å². The van der Waals surface area contributed by atoms with E-state index in [-0.39, 0.29) is 0 Å². The normalized spacial score (nSPS) is 11.0. The first-order valence-corrected chi connectivity index (χ1v) is 5.01. The van der Waals surface area contributed by atoms with Crippen molar-refractivity contribution < 1.29 is 0 Å². The van der Waals surface area contributed by atoms with E-state index in [1.165, 1.54) is 0 Å². The first-order chi connectivity index (χ1) is 7.34. The summed E-state index contributed by atoms with van der Waals surface area (Å²) in [7, 11) is 0. The van der Waals surface area contributed by atoms with Gasteiger partial charge in [0.2, 0.25) is 0 Å². The summed E-state index contributed by atoms with van der Waals surface area (Å²) in [6.45, 7) is 0. The average Bonchev–Trinajstić information content (AvgIpc) is 2.29. The fraction of sp³-hybridized carbons (Fsp3) is 0. The molecule has 0 spiro atoms. The van der Waals surface area contributed by atoms with Gasteiger partial charge in [-0.1, -0.05) is 23.7 Å². The maximum absolute atomic E-state index is 5.89. The number of aromatic nitrogens is 2. The third-order valence-corrected chi connectivity index (χ3v) is 2.66. The number of nitrogens with zero attached hydrogens (tertiary/aromatic N) is 2. The predicted molar refractivity (Wildman–Crippen MR) is 62.1 cm³/mol. The van der Waals surface area contributed by atoms with Crippen LogP contribution in [0.15, 0.2) is 42.7 Å². The molecule has 1 aromatic carbocycles. The minimum atomic E-state index is 0.513. The van der Waals surface area contributed by atoms with Crippen molar-refractivity contribution in [3.8, 4) is 0 Å². The molecule has 0 unspecified atom stereocenters. The molecule has 3 aromatic rings. The zero-order valence-corrected chi connectivity index (χ0v) is 8.57. The van der Waals surface area contributed by atoms with Crippen LogP contribution >= 0.6 is 11.6 Å². The van der Waals surface area contributed by atoms with Gasteiger partial charge in [-0.2, -0.15) is 0 Å². The Hall–Kier alpha value is -1.67. The quantitative estimate of drug-likeness (QED) is 0.423. The minimum absolute atomic E-state index is 0.513. The molecular formula is C12H7ClN2. The van der Waals surface area contributed by atoms with Crippen LogP contribution in [0.4, 0.5) is 0 Å². The summed E-state index contributed by atoms with van der Waals surface area (Å²) in [6.07, 6.45) is 3.60. The van der Waals surface area contributed by atoms with Crippen LogP contribution in [0.2, 0.25) is 5.15 Å². The molecule has 0 N–H and O–H groups in total. The second-order valence-electron chi connectivity index (χ2n) is 3.37. The summed E-state index contributed by atoms with van der Waals surface area (Å²) in [5.41, 5.74) is 0.910. The first-order valence-electron chi connectivity index (χ1n) is 4.63. The third kappa shape index (κ3) is 1.34. The average molecular weight is 215 g/mol. The Kier molecular flexibility index (Phi) is 1.82. The molecule has 2 aromatic heterocycles. The molecule has 0 aliphatic carbocycles. The number of halogens is 1. The van der Waals surface area contributed by atoms with Crippen molar-refractivity contribution in [2.45, 2.75) is 0 Å². The van der Waals surface area contributed by atoms with Gasteiger partial charge in [0.25, 0.3) is 0 Å². The van der Waals surface area contributed by atoms with Crippen LogP contribution < -0.4 is 0 Å². The molecule has 0 fully saturated rings. The molecule has 0 aliphatic rings. The smallest absolute Gasteiger partial charge is 0.129 e. The predicted octanol–water partition coefficient (Wildman–Crippen LogP) is 3.44. The number of benzene rings is 1. The van der Waals surface area contributed by atoms with Gasteiger partial charge in [0, 0.05) is 23.2 Å². The minimum Gasteiger partial charge on any atom is -0.264 e. The van der Waals surface area contributed by atoms with Crippen molar-refractivity contribution in [2.24, 2.45) is 0 Å². The number of fused-ring (bicyclic) bond motifs is 3. The second kappa shape index (κ2) is 3.17. The molecule has 2 nitrogen and oxygen atoms in total. The molecule has 0 saturated heterocycles. The molecule has 0 atom stereocenters. The summed E-state index contributed by atoms with van der Waals surface area (Å²) in [5.74, 6) is 0. The van der Waals surface area contributed by atoms with Gasteiger partial charge < -0.3 is 0 Å². The molecule has 3 rings (SSSR count). The largest absolute Gasteiger partial charge is 0.264 e. The number of pyridine rings is 2. The fourth-order valence-electron chi connectivity index (χ4n) is 1.72. The zero-order valence-electron chi connectivity index (χ0n) is 7.81. The van der Waals surface area contributed by atoms with Gasteiger partial charge in [-0.25, -0.2) is 4.98 Å². The van der Waals surface area contributed by atoms with Crippen LogP contribution in [0.3, 0.4) is 0 Å². The Bertz CT molecular complexity index is 649. The van der Waals surface area contributed by atoms with E-state index < -0.39 is 0 Å². The van der Waals surface area contributed by atoms with Crippen molar-refractivity contribution in [1.29, 1.82) is 0 Å². The summed E-state index contributed by atoms with van der Waals surface area (Å²) >= 11 is 5.89. The Morgan fingerprint density at radius 3 is 2.67 bits per heavy atom. The van der Waals surface area contributed by atoms with Crippen LogP contribution in [-0.2, 0) is 0 Å². The second-order valence-corrected chi connectivity index (χ2v) is 3.76. The van der Waals surface area contributed by atoms with E-state index in [4.69, 9.17) is 11.6 Å². The van der Waals surface area contributed by atoms with Crippen molar-refractivity contribution in [2.75, 3.05) is 0 Å². The molecule has 0 amide bonds. The zero-order chi connectivity index (χ0) is 10.3. The molecule has 72 valence electrons. The first kappa shape index (κ1) is 8.62. The summed E-state index contributed by atoms with van der Waals surface area (Å²) in [5, 5.41) is 3.77. The highest BCUT2D eigenvalue weighted by Gasteiger charge is 2.01. The van der Waals surface area contributed by atoms with E-state index in [0.29, 0.717) is 5.15 Å². The lowest BCUT2D eigenvalue weighted by Gasteiger charge is -2.02. The van der Waals surface area contributed by atoms with Crippen LogP contribution in [0, 0.1) is 0 Å². The molecular weight excluding hydrogens is 208 g/mol. The molecule has 0 saturated carbocycles. The Balaban J connectivity index is 2.57. The van der Waals surface area contributed by atoms with Crippen LogP contribution in [0.1, 0.15) is 0 Å². The number of hydrogen-bond donors (Lipinski definition) is 0. The monoisotopic (exact) mass is 214 g/mol. The van der Waals surface area contributed by atoms with E-state index in [1.54, 1.807) is 12.3 Å². The van der Waals surface area contributed by atoms with Gasteiger partial charge in [0.15, 0.2) is 0 Å². The van der Waals surface area contributed by atoms with E-state index >= 15 is 0 Å². The lowest BCUT2D eigenvalue weighted by molar-refractivity contribution is 1.36. The van der Waals surface area contributed by atoms with E-state index in [9.17, 15) is 0 Å². The molecule has 15 heavy (non-hydrogen) atoms. The van der Waals surface area contributed by atoms with Crippen LogP contribution in [-0.4, -0.2) is 9.97 Å². The maximum atomic E-state index is 5.89. The molecule has 2 heterocycles. The van der Waals surface area contributed by atoms with E-state index in [1.807, 2.05) is 24.4 Å². The van der Waals surface area contributed by atoms with E-state index in [2.05, 4.69) is 16.0 Å². The van der Waals surface area contributed by atoms with Crippen molar-refractivity contribution >= 4 is 33.3 Å². The summed E-state index contributed by atoms with van der Waals surface area (Å²) in [6, 6.07) is 9.84. The van der Waals surface area contributed by atoms with Gasteiger partial charge in [0.05, 0.1) is 5.52 Å². The van der Waals surface area contributed by atoms with Gasteiger partial charge in [-0.3, -0.25) is 4.98 Å². The molecule has 0 radical (unpaired) electrons. The highest BCUT2D eigenvalue weighted by atomic mass is 35.5. The van der Waals surface area contributed by atoms with Crippen LogP contribution in [0.25, 0.3) is 21.7 Å². The van der Waals surface area contributed by atoms with Gasteiger partial charge in [-0.15, -0.1) is 0 Å². The lowest BCUT2D eigenvalue weighted by Crippen LogP contribution is -1.83. The SMILES string of the molecule is Clc1ccc2ccc3ccncc3c2n1. The summed E-state index contributed by atoms with van der Waals surface area (Å²) < 4.78 is 0. The molecule has 0 aliphatic heterocycles. The number of hydrogen-bond acceptors (Lipinski definition) is 2. The topological polar surface area (TPSA) is 25.8 Å². The standard InChI is InChI=1S/C12H7ClN2/c13-11-4-3-9-2-1-8-5-6-14-7-10(8)12(9)15-11/h1-7H. The van der Waals surface area contributed by atoms with Gasteiger partial charge in [0.1, 0.15) is 5.15 Å². The van der Waals surface area contributed by atoms with E-state index in [0.717, 1.165) is 21.7 Å². The molecule has 3 heteroatoms. The lowest BCUT2D eigenvalue weighted by atomic mass is 10.1. The summed E-state index contributed by atoms with van der Waals surface area (Å²) in [4.78, 5) is 8.44. The van der Waals surface area contributed by atoms with Gasteiger partial charge >= 0.3 is 0 Å². The Morgan fingerprint density at radius 1 is 0.933 bits per heavy atom. The highest BCUT2D eigenvalue weighted by Crippen LogP contribution is 2.23. The maximum Gasteiger partial charge on any atom is 0.129 e. The van der Waals surface area contributed by atoms with Crippen LogP contribution in [0.5, 0.6) is 0 Å². The number of rotatable bonds is 0. The van der Waals surface area contributed by atoms with Gasteiger partial charge in [-0.05, 0) is 23.6 Å². The van der Waals surface area contributed by atoms with Crippen molar-refractivity contribution in [3.63, 3.8) is 0 Å². The highest BCUT2D eigenvalue weighted by molar-refractivity contribution is 6.30. The third-order valence-electron chi connectivity index (χ3n) is 2.44. The Labute approximate surface area is 91.5 Å². The van der Waals surface area contributed by atoms with Crippen molar-refractivity contribution in [3.05, 3.63) is 47.9 Å².